The monoisotopic (exact) mass is 1630 g/mol. The number of pyridine rings is 4. The first-order chi connectivity index (χ1) is 59.2. The quantitative estimate of drug-likeness (QED) is 0.0377. The Labute approximate surface area is 698 Å². The molecule has 0 radical (unpaired) electrons. The van der Waals surface area contributed by atoms with Crippen LogP contribution < -0.4 is 36.4 Å². The lowest BCUT2D eigenvalue weighted by Gasteiger charge is -2.28. The van der Waals surface area contributed by atoms with Crippen molar-refractivity contribution in [3.05, 3.63) is 272 Å². The molecule has 2 saturated heterocycles. The molecule has 10 heterocycles. The predicted molar refractivity (Wildman–Crippen MR) is 471 cm³/mol. The average Bonchev–Trinajstić information content (AvgIpc) is 1.64. The number of phenols is 4. The average molecular weight is 1630 g/mol. The summed E-state index contributed by atoms with van der Waals surface area (Å²) in [6.07, 6.45) is 18.1. The van der Waals surface area contributed by atoms with E-state index >= 15 is 0 Å². The number of rotatable bonds is 17. The fourth-order valence-corrected chi connectivity index (χ4v) is 13.9. The molecule has 0 aliphatic carbocycles. The molecule has 6 amide bonds. The van der Waals surface area contributed by atoms with Crippen LogP contribution in [0.15, 0.2) is 244 Å². The van der Waals surface area contributed by atoms with Crippen LogP contribution >= 0.6 is 0 Å². The maximum absolute atomic E-state index is 12.8. The molecule has 31 nitrogen and oxygen atoms in total. The number of urea groups is 1. The Morgan fingerprint density at radius 2 is 0.664 bits per heavy atom. The molecule has 2 fully saturated rings. The van der Waals surface area contributed by atoms with Crippen molar-refractivity contribution in [2.24, 2.45) is 0 Å². The van der Waals surface area contributed by atoms with Crippen molar-refractivity contribution in [1.29, 1.82) is 0 Å². The number of nitrogens with one attached hydrogen (secondary N) is 9. The highest BCUT2D eigenvalue weighted by Crippen LogP contribution is 2.34. The summed E-state index contributed by atoms with van der Waals surface area (Å²) in [6, 6.07) is 56.3. The summed E-state index contributed by atoms with van der Waals surface area (Å²) in [4.78, 5) is 88.6. The largest absolute Gasteiger partial charge is 0.508 e. The zero-order chi connectivity index (χ0) is 84.8. The minimum atomic E-state index is -0.376. The fourth-order valence-electron chi connectivity index (χ4n) is 13.9. The number of piperidine rings is 1. The minimum absolute atomic E-state index is 0.116. The molecule has 0 atom stereocenters. The summed E-state index contributed by atoms with van der Waals surface area (Å²) in [5.41, 5.74) is 17.9. The third-order valence-electron chi connectivity index (χ3n) is 20.2. The van der Waals surface area contributed by atoms with Gasteiger partial charge in [0, 0.05) is 144 Å². The Morgan fingerprint density at radius 3 is 1.01 bits per heavy atom. The highest BCUT2D eigenvalue weighted by atomic mass is 16.5. The number of carbonyl (C=O) groups excluding carboxylic acids is 5. The Kier molecular flexibility index (Phi) is 24.7. The van der Waals surface area contributed by atoms with E-state index < -0.39 is 0 Å². The van der Waals surface area contributed by atoms with Crippen LogP contribution in [0.1, 0.15) is 66.8 Å². The summed E-state index contributed by atoms with van der Waals surface area (Å²) in [7, 11) is 7.35. The van der Waals surface area contributed by atoms with Gasteiger partial charge in [0.1, 0.15) is 23.0 Å². The molecule has 18 rings (SSSR count). The summed E-state index contributed by atoms with van der Waals surface area (Å²) in [5, 5.41) is 82.8. The molecule has 2 aliphatic rings. The summed E-state index contributed by atoms with van der Waals surface area (Å²) < 4.78 is 5.44. The Balaban J connectivity index is 0.000000126. The summed E-state index contributed by atoms with van der Waals surface area (Å²) in [5.74, 6) is -0.788. The topological polar surface area (TPSA) is 415 Å². The van der Waals surface area contributed by atoms with Crippen LogP contribution in [0.2, 0.25) is 0 Å². The number of aromatic amines is 4. The van der Waals surface area contributed by atoms with E-state index in [2.05, 4.69) is 120 Å². The predicted octanol–water partition coefficient (Wildman–Crippen LogP) is 15.3. The third kappa shape index (κ3) is 19.9. The number of fused-ring (bicyclic) bond motifs is 4. The van der Waals surface area contributed by atoms with Crippen LogP contribution in [0.4, 0.5) is 44.6 Å². The third-order valence-corrected chi connectivity index (χ3v) is 20.2. The van der Waals surface area contributed by atoms with Gasteiger partial charge in [-0.3, -0.25) is 59.5 Å². The van der Waals surface area contributed by atoms with Gasteiger partial charge in [0.15, 0.2) is 22.8 Å². The molecular formula is C91H85N21O10. The highest BCUT2D eigenvalue weighted by Gasteiger charge is 2.23. The number of benzene rings is 8. The summed E-state index contributed by atoms with van der Waals surface area (Å²) >= 11 is 0. The summed E-state index contributed by atoms with van der Waals surface area (Å²) in [6.45, 7) is 6.03. The lowest BCUT2D eigenvalue weighted by atomic mass is 10.0. The maximum atomic E-state index is 12.8. The SMILES string of the molecule is CN(C)C(=O)Nc1cncc(-c2ccc3[nH]nc(C(=O)Nc4ccc(O)cc4)c3c2)c1.CN(C)Cc1cncc(-c2ccc3[nH]nc(C(=O)Nc4ccc(O)cc4)c3c2)c1.O=C(Nc1ccc(O)cc1)c1n[nH]c2ccc(-c3cncc(N4CCCCC4)c3)cc12.O=C(Nc1ccc(O)cc1)c1n[nH]c2ccc(-c3cncc(N4CCOCC4)c3)cc12. The van der Waals surface area contributed by atoms with Gasteiger partial charge in [-0.15, -0.1) is 0 Å². The number of nitrogens with zero attached hydrogens (tertiary/aromatic N) is 12. The van der Waals surface area contributed by atoms with E-state index in [-0.39, 0.29) is 58.4 Å². The molecule has 8 aromatic carbocycles. The van der Waals surface area contributed by atoms with Crippen molar-refractivity contribution in [2.45, 2.75) is 25.8 Å². The van der Waals surface area contributed by atoms with Gasteiger partial charge < -0.3 is 71.3 Å². The Morgan fingerprint density at radius 1 is 0.344 bits per heavy atom. The minimum Gasteiger partial charge on any atom is -0.508 e. The number of amides is 6. The molecule has 122 heavy (non-hydrogen) atoms. The number of hydrogen-bond acceptors (Lipinski definition) is 21. The molecule has 614 valence electrons. The van der Waals surface area contributed by atoms with Gasteiger partial charge >= 0.3 is 6.03 Å². The number of ether oxygens (including phenoxy) is 1. The number of anilines is 7. The first-order valence-electron chi connectivity index (χ1n) is 39.1. The van der Waals surface area contributed by atoms with Gasteiger partial charge in [-0.2, -0.15) is 20.4 Å². The second-order valence-electron chi connectivity index (χ2n) is 29.5. The van der Waals surface area contributed by atoms with Crippen molar-refractivity contribution >= 4 is 113 Å². The number of carbonyl (C=O) groups is 5. The zero-order valence-electron chi connectivity index (χ0n) is 66.8. The molecule has 0 saturated carbocycles. The molecule has 13 N–H and O–H groups in total. The standard InChI is InChI=1S/C24H23N5O2.C23H21N5O3.C22H20N6O3.C22H21N5O2/c30-20-7-5-18(6-8-20)26-24(31)23-21-13-16(4-9-22(21)27-28-23)17-12-19(15-25-14-17)29-10-2-1-3-11-29;29-19-4-2-17(3-5-19)25-23(30)22-20-12-15(1-6-21(20)26-27-22)16-11-18(14-24-13-16)28-7-9-31-10-8-28;1-28(2)22(31)25-16-9-14(11-23-12-16)13-3-8-19-18(10-13)20(27-26-19)21(30)24-15-4-6-17(29)7-5-15;1-27(2)13-14-9-16(12-23-11-14)15-3-8-20-19(10-15)21(26-25-20)22(29)24-17-4-6-18(28)7-5-17/h4-9,12-15,30H,1-3,10-11H2,(H,26,31)(H,27,28);1-6,11-14,29H,7-10H2,(H,25,30)(H,26,27);3-12,29H,1-2H3,(H,24,30)(H,25,31)(H,26,27);3-12,28H,13H2,1-2H3,(H,24,29)(H,25,26). The molecule has 16 aromatic rings. The number of aromatic nitrogens is 12. The molecule has 0 bridgehead atoms. The maximum Gasteiger partial charge on any atom is 0.321 e. The van der Waals surface area contributed by atoms with Crippen molar-refractivity contribution in [3.8, 4) is 67.5 Å². The fraction of sp³-hybridized carbons (Fsp3) is 0.154. The van der Waals surface area contributed by atoms with E-state index in [4.69, 9.17) is 4.74 Å². The number of aromatic hydroxyl groups is 4. The molecule has 0 unspecified atom stereocenters. The van der Waals surface area contributed by atoms with Crippen molar-refractivity contribution in [1.82, 2.24) is 70.5 Å². The van der Waals surface area contributed by atoms with E-state index in [9.17, 15) is 44.4 Å². The van der Waals surface area contributed by atoms with Crippen LogP contribution in [0, 0.1) is 0 Å². The van der Waals surface area contributed by atoms with Crippen molar-refractivity contribution in [2.75, 3.05) is 104 Å². The first-order valence-corrected chi connectivity index (χ1v) is 39.1. The lowest BCUT2D eigenvalue weighted by molar-refractivity contribution is 0.101. The Bertz CT molecular complexity index is 6240. The first kappa shape index (κ1) is 81.3. The van der Waals surface area contributed by atoms with Gasteiger partial charge in [0.05, 0.1) is 70.9 Å². The second kappa shape index (κ2) is 37.2. The van der Waals surface area contributed by atoms with E-state index in [0.717, 1.165) is 127 Å². The van der Waals surface area contributed by atoms with Crippen LogP contribution in [0.25, 0.3) is 88.1 Å². The number of morpholine rings is 1. The molecule has 8 aromatic heterocycles. The van der Waals surface area contributed by atoms with Gasteiger partial charge in [0.2, 0.25) is 0 Å². The van der Waals surface area contributed by atoms with Gasteiger partial charge in [-0.1, -0.05) is 24.3 Å². The Hall–Kier alpha value is -15.9. The van der Waals surface area contributed by atoms with E-state index in [1.54, 1.807) is 75.0 Å². The van der Waals surface area contributed by atoms with E-state index in [0.29, 0.717) is 69.6 Å². The number of phenolic OH excluding ortho intramolecular Hbond substituents is 4. The molecule has 2 aliphatic heterocycles. The highest BCUT2D eigenvalue weighted by molar-refractivity contribution is 6.15. The van der Waals surface area contributed by atoms with E-state index in [1.165, 1.54) is 72.7 Å². The van der Waals surface area contributed by atoms with E-state index in [1.807, 2.05) is 130 Å². The number of hydrogen-bond donors (Lipinski definition) is 13. The van der Waals surface area contributed by atoms with Crippen molar-refractivity contribution < 1.29 is 49.1 Å². The molecular weight excluding hydrogens is 1550 g/mol. The van der Waals surface area contributed by atoms with Gasteiger partial charge in [-0.25, -0.2) is 4.79 Å². The van der Waals surface area contributed by atoms with Gasteiger partial charge in [0.25, 0.3) is 23.6 Å². The number of H-pyrrole nitrogens is 4. The lowest BCUT2D eigenvalue weighted by Crippen LogP contribution is -2.36. The normalized spacial score (nSPS) is 12.5. The van der Waals surface area contributed by atoms with Crippen LogP contribution in [-0.4, -0.2) is 188 Å². The molecule has 31 heteroatoms. The van der Waals surface area contributed by atoms with Crippen LogP contribution in [0.3, 0.4) is 0 Å². The van der Waals surface area contributed by atoms with Crippen molar-refractivity contribution in [3.63, 3.8) is 0 Å². The van der Waals surface area contributed by atoms with Crippen LogP contribution in [0.5, 0.6) is 23.0 Å². The smallest absolute Gasteiger partial charge is 0.321 e. The second-order valence-corrected chi connectivity index (χ2v) is 29.5. The van der Waals surface area contributed by atoms with Gasteiger partial charge in [-0.05, 0) is 231 Å². The zero-order valence-corrected chi connectivity index (χ0v) is 66.8. The molecule has 0 spiro atoms. The van der Waals surface area contributed by atoms with Crippen LogP contribution in [-0.2, 0) is 11.3 Å².